The number of fused-ring (bicyclic) bond motifs is 1. The third-order valence-corrected chi connectivity index (χ3v) is 4.91. The van der Waals surface area contributed by atoms with Gasteiger partial charge in [0, 0.05) is 35.7 Å². The molecule has 1 amide bonds. The van der Waals surface area contributed by atoms with Crippen LogP contribution in [0.5, 0.6) is 5.75 Å². The normalized spacial score (nSPS) is 11.9. The van der Waals surface area contributed by atoms with Crippen molar-refractivity contribution in [3.05, 3.63) is 34.6 Å². The lowest BCUT2D eigenvalue weighted by atomic mass is 9.98. The molecular weight excluding hydrogens is 326 g/mol. The molecule has 0 radical (unpaired) electrons. The van der Waals surface area contributed by atoms with E-state index in [1.54, 1.807) is 13.2 Å². The van der Waals surface area contributed by atoms with E-state index in [2.05, 4.69) is 26.8 Å². The molecule has 1 aromatic heterocycles. The summed E-state index contributed by atoms with van der Waals surface area (Å²) in [4.78, 5) is 14.6. The predicted octanol–water partition coefficient (Wildman–Crippen LogP) is 5.42. The van der Waals surface area contributed by atoms with Crippen LogP contribution >= 0.6 is 0 Å². The van der Waals surface area contributed by atoms with E-state index in [1.165, 1.54) is 0 Å². The topological polar surface area (TPSA) is 42.7 Å². The molecule has 0 aliphatic carbocycles. The standard InChI is InChI=1S/C22H31NO3/c1-8-10-23(11-9-2)20(24)12-14(3)18-13-19-15(4)17(6)26-22(19)16(5)21(18)25-7/h12-13H,8-11H2,1-7H3/b14-12+. The number of aryl methyl sites for hydroxylation is 3. The zero-order chi connectivity index (χ0) is 19.4. The summed E-state index contributed by atoms with van der Waals surface area (Å²) in [5, 5.41) is 1.08. The fraction of sp³-hybridized carbons (Fsp3) is 0.500. The van der Waals surface area contributed by atoms with Crippen LogP contribution in [0.2, 0.25) is 0 Å². The van der Waals surface area contributed by atoms with Crippen LogP contribution in [0, 0.1) is 20.8 Å². The second-order valence-corrected chi connectivity index (χ2v) is 6.89. The zero-order valence-electron chi connectivity index (χ0n) is 17.2. The number of methoxy groups -OCH3 is 1. The summed E-state index contributed by atoms with van der Waals surface area (Å²) in [6, 6.07) is 2.08. The lowest BCUT2D eigenvalue weighted by Gasteiger charge is -2.20. The maximum atomic E-state index is 12.7. The van der Waals surface area contributed by atoms with Gasteiger partial charge in [0.25, 0.3) is 0 Å². The number of furan rings is 1. The van der Waals surface area contributed by atoms with Crippen molar-refractivity contribution >= 4 is 22.4 Å². The summed E-state index contributed by atoms with van der Waals surface area (Å²) in [6.07, 6.45) is 3.65. The highest BCUT2D eigenvalue weighted by atomic mass is 16.5. The molecule has 2 rings (SSSR count). The van der Waals surface area contributed by atoms with Gasteiger partial charge in [0.1, 0.15) is 17.1 Å². The van der Waals surface area contributed by atoms with E-state index < -0.39 is 0 Å². The minimum absolute atomic E-state index is 0.0612. The molecule has 1 aromatic carbocycles. The van der Waals surface area contributed by atoms with E-state index in [1.807, 2.05) is 25.7 Å². The number of allylic oxidation sites excluding steroid dienone is 1. The summed E-state index contributed by atoms with van der Waals surface area (Å²) in [7, 11) is 1.66. The second kappa shape index (κ2) is 8.43. The van der Waals surface area contributed by atoms with Gasteiger partial charge in [-0.15, -0.1) is 0 Å². The van der Waals surface area contributed by atoms with Crippen LogP contribution in [0.15, 0.2) is 16.6 Å². The van der Waals surface area contributed by atoms with Crippen molar-refractivity contribution in [3.63, 3.8) is 0 Å². The minimum atomic E-state index is 0.0612. The van der Waals surface area contributed by atoms with Gasteiger partial charge in [-0.2, -0.15) is 0 Å². The van der Waals surface area contributed by atoms with Gasteiger partial charge in [-0.3, -0.25) is 4.79 Å². The van der Waals surface area contributed by atoms with Crippen LogP contribution in [-0.4, -0.2) is 31.0 Å². The van der Waals surface area contributed by atoms with Crippen molar-refractivity contribution in [1.82, 2.24) is 4.90 Å². The van der Waals surface area contributed by atoms with Crippen molar-refractivity contribution in [2.45, 2.75) is 54.4 Å². The first-order chi connectivity index (χ1) is 12.3. The number of benzene rings is 1. The lowest BCUT2D eigenvalue weighted by molar-refractivity contribution is -0.126. The average molecular weight is 357 g/mol. The Kier molecular flexibility index (Phi) is 6.52. The van der Waals surface area contributed by atoms with Crippen molar-refractivity contribution < 1.29 is 13.9 Å². The Morgan fingerprint density at radius 3 is 2.31 bits per heavy atom. The monoisotopic (exact) mass is 357 g/mol. The highest BCUT2D eigenvalue weighted by molar-refractivity contribution is 5.98. The highest BCUT2D eigenvalue weighted by Crippen LogP contribution is 2.38. The van der Waals surface area contributed by atoms with E-state index in [9.17, 15) is 4.79 Å². The van der Waals surface area contributed by atoms with Gasteiger partial charge < -0.3 is 14.1 Å². The number of rotatable bonds is 7. The van der Waals surface area contributed by atoms with Crippen LogP contribution < -0.4 is 4.74 Å². The summed E-state index contributed by atoms with van der Waals surface area (Å²) in [6.45, 7) is 13.8. The summed E-state index contributed by atoms with van der Waals surface area (Å²) in [5.41, 5.74) is 4.81. The molecule has 142 valence electrons. The summed E-state index contributed by atoms with van der Waals surface area (Å²) < 4.78 is 11.6. The van der Waals surface area contributed by atoms with Crippen molar-refractivity contribution in [1.29, 1.82) is 0 Å². The smallest absolute Gasteiger partial charge is 0.246 e. The van der Waals surface area contributed by atoms with E-state index in [-0.39, 0.29) is 5.91 Å². The van der Waals surface area contributed by atoms with E-state index >= 15 is 0 Å². The molecule has 0 spiro atoms. The maximum Gasteiger partial charge on any atom is 0.246 e. The molecule has 0 unspecified atom stereocenters. The number of hydrogen-bond donors (Lipinski definition) is 0. The Balaban J connectivity index is 2.53. The Labute approximate surface area is 156 Å². The van der Waals surface area contributed by atoms with Crippen molar-refractivity contribution in [3.8, 4) is 5.75 Å². The van der Waals surface area contributed by atoms with Gasteiger partial charge >= 0.3 is 0 Å². The second-order valence-electron chi connectivity index (χ2n) is 6.89. The predicted molar refractivity (Wildman–Crippen MR) is 108 cm³/mol. The SMILES string of the molecule is CCCN(CCC)C(=O)/C=C(\C)c1cc2c(C)c(C)oc2c(C)c1OC. The first-order valence-corrected chi connectivity index (χ1v) is 9.40. The fourth-order valence-electron chi connectivity index (χ4n) is 3.39. The third kappa shape index (κ3) is 3.79. The summed E-state index contributed by atoms with van der Waals surface area (Å²) >= 11 is 0. The van der Waals surface area contributed by atoms with Crippen LogP contribution in [0.1, 0.15) is 56.1 Å². The third-order valence-electron chi connectivity index (χ3n) is 4.91. The largest absolute Gasteiger partial charge is 0.496 e. The fourth-order valence-corrected chi connectivity index (χ4v) is 3.39. The first kappa shape index (κ1) is 20.1. The van der Waals surface area contributed by atoms with Crippen molar-refractivity contribution in [2.75, 3.05) is 20.2 Å². The van der Waals surface area contributed by atoms with Gasteiger partial charge in [0.05, 0.1) is 7.11 Å². The van der Waals surface area contributed by atoms with E-state index in [0.717, 1.165) is 70.7 Å². The molecule has 26 heavy (non-hydrogen) atoms. The van der Waals surface area contributed by atoms with Gasteiger partial charge in [-0.1, -0.05) is 13.8 Å². The Morgan fingerprint density at radius 2 is 1.77 bits per heavy atom. The first-order valence-electron chi connectivity index (χ1n) is 9.40. The minimum Gasteiger partial charge on any atom is -0.496 e. The van der Waals surface area contributed by atoms with Crippen LogP contribution in [0.4, 0.5) is 0 Å². The Bertz CT molecular complexity index is 824. The van der Waals surface area contributed by atoms with Gasteiger partial charge in [0.15, 0.2) is 0 Å². The van der Waals surface area contributed by atoms with Crippen molar-refractivity contribution in [2.24, 2.45) is 0 Å². The number of carbonyl (C=O) groups excluding carboxylic acids is 1. The Morgan fingerprint density at radius 1 is 1.15 bits per heavy atom. The number of hydrogen-bond acceptors (Lipinski definition) is 3. The maximum absolute atomic E-state index is 12.7. The molecule has 0 saturated heterocycles. The molecule has 0 saturated carbocycles. The Hall–Kier alpha value is -2.23. The number of carbonyl (C=O) groups is 1. The molecule has 0 aliphatic rings. The van der Waals surface area contributed by atoms with Crippen LogP contribution in [0.25, 0.3) is 16.5 Å². The van der Waals surface area contributed by atoms with E-state index in [0.29, 0.717) is 0 Å². The zero-order valence-corrected chi connectivity index (χ0v) is 17.2. The molecular formula is C22H31NO3. The molecule has 1 heterocycles. The van der Waals surface area contributed by atoms with Crippen LogP contribution in [0.3, 0.4) is 0 Å². The molecule has 0 aliphatic heterocycles. The molecule has 4 heteroatoms. The average Bonchev–Trinajstić information content (AvgIpc) is 2.89. The van der Waals surface area contributed by atoms with Gasteiger partial charge in [-0.05, 0) is 57.7 Å². The molecule has 2 aromatic rings. The van der Waals surface area contributed by atoms with Crippen LogP contribution in [-0.2, 0) is 4.79 Å². The van der Waals surface area contributed by atoms with E-state index in [4.69, 9.17) is 9.15 Å². The molecule has 0 fully saturated rings. The molecule has 4 nitrogen and oxygen atoms in total. The number of nitrogens with zero attached hydrogens (tertiary/aromatic N) is 1. The number of amides is 1. The molecule has 0 atom stereocenters. The van der Waals surface area contributed by atoms with Gasteiger partial charge in [-0.25, -0.2) is 0 Å². The highest BCUT2D eigenvalue weighted by Gasteiger charge is 2.19. The number of ether oxygens (including phenoxy) is 1. The summed E-state index contributed by atoms with van der Waals surface area (Å²) in [5.74, 6) is 1.74. The molecule has 0 N–H and O–H groups in total. The van der Waals surface area contributed by atoms with Gasteiger partial charge in [0.2, 0.25) is 5.91 Å². The lowest BCUT2D eigenvalue weighted by Crippen LogP contribution is -2.31. The molecule has 0 bridgehead atoms. The quantitative estimate of drug-likeness (QED) is 0.622.